The third-order valence-electron chi connectivity index (χ3n) is 7.83. The normalized spacial score (nSPS) is 9.40. The molecule has 0 aliphatic carbocycles. The molecule has 0 saturated heterocycles. The fourth-order valence-corrected chi connectivity index (χ4v) is 4.95. The number of para-hydroxylation sites is 3. The summed E-state index contributed by atoms with van der Waals surface area (Å²) in [5, 5.41) is 35.6. The molecule has 0 atom stereocenters. The van der Waals surface area contributed by atoms with E-state index in [0.29, 0.717) is 29.1 Å². The number of aliphatic hydroxyl groups is 1. The monoisotopic (exact) mass is 883 g/mol. The van der Waals surface area contributed by atoms with Crippen molar-refractivity contribution in [1.29, 1.82) is 0 Å². The van der Waals surface area contributed by atoms with Crippen molar-refractivity contribution < 1.29 is 46.8 Å². The Labute approximate surface area is 362 Å². The Hall–Kier alpha value is -7.63. The van der Waals surface area contributed by atoms with Gasteiger partial charge in [-0.05, 0) is 76.5 Å². The third kappa shape index (κ3) is 16.9. The number of azide groups is 1. The summed E-state index contributed by atoms with van der Waals surface area (Å²) in [5.74, 6) is -0.185. The van der Waals surface area contributed by atoms with Crippen molar-refractivity contribution in [2.75, 3.05) is 0 Å². The SMILES string of the molecule is CC(=O)CC(C)=O.CC(=O)c1nnn(-c2ccccc2)c1C.Cc1c(C=O)nnn1-c1ccccc1.Cc1c(CO)nnn1-c1ccccc1.[N-]=[N+]=Nc1ccccc1.[O]=[Mn]=[O]. The molecule has 0 aliphatic rings. The Bertz CT molecular complexity index is 2540. The Balaban J connectivity index is 0.000000268. The van der Waals surface area contributed by atoms with E-state index in [1.165, 1.54) is 20.8 Å². The standard InChI is InChI=1S/C11H11N3O.C10H11N3O.C10H9N3O.C6H5N3.C5H8O2.Mn.2O/c1-8-11(9(2)15)12-13-14(8)10-6-4-3-5-7-10;2*1-8-10(7-14)11-12-13(8)9-5-3-2-4-6-9;7-9-8-6-4-2-1-3-5-6;1-4(6)3-5(2)7;;;/h3-7H,1-2H3;2-6,14H,7H2,1H3;2-7H,1H3;1-5H;3H2,1-2H3;;;. The number of nitrogens with zero attached hydrogens (tertiary/aromatic N) is 12. The Morgan fingerprint density at radius 1 is 0.645 bits per heavy atom. The molecule has 321 valence electrons. The van der Waals surface area contributed by atoms with Gasteiger partial charge in [0.25, 0.3) is 0 Å². The average molecular weight is 884 g/mol. The summed E-state index contributed by atoms with van der Waals surface area (Å²) >= 11 is -1.44. The molecule has 0 spiro atoms. The number of rotatable bonds is 9. The fourth-order valence-electron chi connectivity index (χ4n) is 4.95. The third-order valence-corrected chi connectivity index (χ3v) is 7.83. The number of aromatic nitrogens is 9. The average Bonchev–Trinajstić information content (AvgIpc) is 3.98. The molecule has 62 heavy (non-hydrogen) atoms. The van der Waals surface area contributed by atoms with Gasteiger partial charge in [0.2, 0.25) is 0 Å². The van der Waals surface area contributed by atoms with Crippen LogP contribution in [0.15, 0.2) is 126 Å². The molecule has 7 aromatic rings. The van der Waals surface area contributed by atoms with E-state index in [1.54, 1.807) is 26.2 Å². The van der Waals surface area contributed by atoms with Gasteiger partial charge in [-0.1, -0.05) is 106 Å². The van der Waals surface area contributed by atoms with E-state index in [2.05, 4.69) is 41.0 Å². The summed E-state index contributed by atoms with van der Waals surface area (Å²) in [6, 6.07) is 37.9. The topological polar surface area (TPSA) is 264 Å². The quantitative estimate of drug-likeness (QED) is 0.0287. The van der Waals surface area contributed by atoms with E-state index in [0.717, 1.165) is 34.1 Å². The predicted molar refractivity (Wildman–Crippen MR) is 222 cm³/mol. The maximum atomic E-state index is 11.2. The van der Waals surface area contributed by atoms with Crippen molar-refractivity contribution in [3.8, 4) is 17.1 Å². The number of benzene rings is 4. The second-order valence-electron chi connectivity index (χ2n) is 12.4. The molecule has 0 amide bonds. The first-order chi connectivity index (χ1) is 29.8. The summed E-state index contributed by atoms with van der Waals surface area (Å²) in [4.78, 5) is 44.4. The molecule has 3 aromatic heterocycles. The van der Waals surface area contributed by atoms with Gasteiger partial charge >= 0.3 is 22.5 Å². The van der Waals surface area contributed by atoms with Crippen molar-refractivity contribution in [3.05, 3.63) is 166 Å². The first-order valence-corrected chi connectivity index (χ1v) is 19.3. The van der Waals surface area contributed by atoms with Crippen LogP contribution in [0.25, 0.3) is 27.5 Å². The van der Waals surface area contributed by atoms with E-state index in [-0.39, 0.29) is 30.4 Å². The van der Waals surface area contributed by atoms with Crippen molar-refractivity contribution >= 4 is 29.3 Å². The van der Waals surface area contributed by atoms with Gasteiger partial charge < -0.3 is 5.11 Å². The van der Waals surface area contributed by atoms with Crippen LogP contribution in [-0.2, 0) is 38.7 Å². The zero-order valence-electron chi connectivity index (χ0n) is 34.7. The molecule has 4 aromatic carbocycles. The summed E-state index contributed by atoms with van der Waals surface area (Å²) < 4.78 is 21.8. The zero-order chi connectivity index (χ0) is 45.9. The molecule has 0 aliphatic heterocycles. The predicted octanol–water partition coefficient (Wildman–Crippen LogP) is 7.18. The number of aldehydes is 1. The van der Waals surface area contributed by atoms with E-state index < -0.39 is 14.8 Å². The molecule has 0 saturated carbocycles. The number of hydrogen-bond acceptors (Lipinski definition) is 14. The van der Waals surface area contributed by atoms with Crippen molar-refractivity contribution in [3.63, 3.8) is 0 Å². The van der Waals surface area contributed by atoms with E-state index >= 15 is 0 Å². The van der Waals surface area contributed by atoms with Gasteiger partial charge in [-0.3, -0.25) is 19.2 Å². The molecule has 0 radical (unpaired) electrons. The number of carbonyl (C=O) groups excluding carboxylic acids is 4. The summed E-state index contributed by atoms with van der Waals surface area (Å²) in [7, 11) is 0. The minimum atomic E-state index is -1.44. The first kappa shape index (κ1) is 50.5. The van der Waals surface area contributed by atoms with Gasteiger partial charge in [-0.15, -0.1) is 15.3 Å². The number of ketones is 3. The fraction of sp³-hybridized carbons (Fsp3) is 0.190. The van der Waals surface area contributed by atoms with Gasteiger partial charge in [-0.2, -0.15) is 0 Å². The van der Waals surface area contributed by atoms with Gasteiger partial charge in [0.05, 0.1) is 47.2 Å². The Morgan fingerprint density at radius 2 is 1.03 bits per heavy atom. The zero-order valence-corrected chi connectivity index (χ0v) is 35.9. The molecular formula is C42H44MnN12O7. The molecule has 20 heteroatoms. The van der Waals surface area contributed by atoms with Gasteiger partial charge in [-0.25, -0.2) is 14.0 Å². The summed E-state index contributed by atoms with van der Waals surface area (Å²) in [5.41, 5.74) is 15.2. The number of Topliss-reactive ketones (excluding diaryl/α,β-unsaturated/α-hetero) is 3. The van der Waals surface area contributed by atoms with Crippen molar-refractivity contribution in [1.82, 2.24) is 45.0 Å². The molecule has 7 rings (SSSR count). The van der Waals surface area contributed by atoms with Crippen LogP contribution >= 0.6 is 0 Å². The second-order valence-corrected chi connectivity index (χ2v) is 12.6. The molecule has 0 bridgehead atoms. The van der Waals surface area contributed by atoms with E-state index in [1.807, 2.05) is 130 Å². The van der Waals surface area contributed by atoms with Crippen molar-refractivity contribution in [2.45, 2.75) is 54.6 Å². The van der Waals surface area contributed by atoms with Gasteiger partial charge in [0.15, 0.2) is 17.8 Å². The molecule has 0 unspecified atom stereocenters. The minimum absolute atomic E-state index is 0.0605. The van der Waals surface area contributed by atoms with Crippen LogP contribution in [0, 0.1) is 20.8 Å². The molecule has 1 N–H and O–H groups in total. The van der Waals surface area contributed by atoms with Crippen LogP contribution in [0.5, 0.6) is 0 Å². The second kappa shape index (κ2) is 27.9. The van der Waals surface area contributed by atoms with Crippen LogP contribution in [-0.4, -0.2) is 73.7 Å². The number of carbonyl (C=O) groups is 4. The molecule has 19 nitrogen and oxygen atoms in total. The van der Waals surface area contributed by atoms with Crippen LogP contribution in [0.3, 0.4) is 0 Å². The van der Waals surface area contributed by atoms with E-state index in [9.17, 15) is 19.2 Å². The number of hydrogen-bond donors (Lipinski definition) is 1. The van der Waals surface area contributed by atoms with Crippen LogP contribution in [0.4, 0.5) is 5.69 Å². The maximum absolute atomic E-state index is 11.2. The number of aliphatic hydroxyl groups excluding tert-OH is 1. The van der Waals surface area contributed by atoms with Gasteiger partial charge in [0, 0.05) is 17.5 Å². The van der Waals surface area contributed by atoms with Crippen LogP contribution < -0.4 is 0 Å². The van der Waals surface area contributed by atoms with Crippen LogP contribution in [0.1, 0.15) is 70.9 Å². The van der Waals surface area contributed by atoms with Crippen LogP contribution in [0.2, 0.25) is 0 Å². The molecule has 0 fully saturated rings. The Kier molecular flexibility index (Phi) is 22.8. The van der Waals surface area contributed by atoms with Gasteiger partial charge in [0.1, 0.15) is 23.0 Å². The summed E-state index contributed by atoms with van der Waals surface area (Å²) in [6.07, 6.45) is 0.793. The summed E-state index contributed by atoms with van der Waals surface area (Å²) in [6.45, 7) is 9.77. The Morgan fingerprint density at radius 3 is 1.35 bits per heavy atom. The molecule has 3 heterocycles. The first-order valence-electron chi connectivity index (χ1n) is 18.3. The van der Waals surface area contributed by atoms with E-state index in [4.69, 9.17) is 18.3 Å². The molecular weight excluding hydrogens is 839 g/mol. The van der Waals surface area contributed by atoms with Crippen molar-refractivity contribution in [2.24, 2.45) is 5.11 Å².